The maximum Gasteiger partial charge on any atom is 0.127 e. The SMILES string of the molecule is COc1cc(CCN)cc2ccc(F)cc12. The van der Waals surface area contributed by atoms with E-state index in [-0.39, 0.29) is 5.82 Å². The van der Waals surface area contributed by atoms with Crippen molar-refractivity contribution >= 4 is 10.8 Å². The van der Waals surface area contributed by atoms with Crippen molar-refractivity contribution in [2.24, 2.45) is 5.73 Å². The Balaban J connectivity index is 2.63. The van der Waals surface area contributed by atoms with E-state index in [9.17, 15) is 4.39 Å². The highest BCUT2D eigenvalue weighted by Gasteiger charge is 2.05. The molecular formula is C13H14FNO. The molecule has 0 radical (unpaired) electrons. The Bertz CT molecular complexity index is 511. The highest BCUT2D eigenvalue weighted by molar-refractivity contribution is 5.89. The molecule has 0 heterocycles. The summed E-state index contributed by atoms with van der Waals surface area (Å²) < 4.78 is 18.4. The predicted octanol–water partition coefficient (Wildman–Crippen LogP) is 2.49. The highest BCUT2D eigenvalue weighted by Crippen LogP contribution is 2.28. The topological polar surface area (TPSA) is 35.2 Å². The Hall–Kier alpha value is -1.61. The molecule has 0 aliphatic rings. The number of halogens is 1. The zero-order chi connectivity index (χ0) is 11.5. The van der Waals surface area contributed by atoms with Gasteiger partial charge in [-0.3, -0.25) is 0 Å². The van der Waals surface area contributed by atoms with Gasteiger partial charge in [-0.05, 0) is 42.1 Å². The van der Waals surface area contributed by atoms with Crippen LogP contribution in [0.4, 0.5) is 4.39 Å². The van der Waals surface area contributed by atoms with Crippen LogP contribution in [-0.4, -0.2) is 13.7 Å². The van der Waals surface area contributed by atoms with E-state index in [1.807, 2.05) is 12.1 Å². The van der Waals surface area contributed by atoms with Gasteiger partial charge in [0.15, 0.2) is 0 Å². The summed E-state index contributed by atoms with van der Waals surface area (Å²) in [6, 6.07) is 8.63. The second-order valence-corrected chi connectivity index (χ2v) is 3.70. The molecule has 0 bridgehead atoms. The van der Waals surface area contributed by atoms with E-state index in [2.05, 4.69) is 0 Å². The third-order valence-electron chi connectivity index (χ3n) is 2.59. The maximum absolute atomic E-state index is 13.1. The summed E-state index contributed by atoms with van der Waals surface area (Å²) in [6.45, 7) is 0.593. The molecule has 0 aliphatic carbocycles. The van der Waals surface area contributed by atoms with Crippen molar-refractivity contribution < 1.29 is 9.13 Å². The average Bonchev–Trinajstić information content (AvgIpc) is 2.29. The summed E-state index contributed by atoms with van der Waals surface area (Å²) in [4.78, 5) is 0. The van der Waals surface area contributed by atoms with E-state index in [4.69, 9.17) is 10.5 Å². The number of ether oxygens (including phenoxy) is 1. The van der Waals surface area contributed by atoms with Crippen LogP contribution in [-0.2, 0) is 6.42 Å². The molecule has 0 saturated heterocycles. The van der Waals surface area contributed by atoms with E-state index in [0.717, 1.165) is 22.8 Å². The van der Waals surface area contributed by atoms with Crippen molar-refractivity contribution in [3.8, 4) is 5.75 Å². The van der Waals surface area contributed by atoms with E-state index in [1.54, 1.807) is 13.2 Å². The Kier molecular flexibility index (Phi) is 3.06. The number of nitrogens with two attached hydrogens (primary N) is 1. The van der Waals surface area contributed by atoms with Gasteiger partial charge in [-0.1, -0.05) is 12.1 Å². The van der Waals surface area contributed by atoms with Crippen LogP contribution < -0.4 is 10.5 Å². The number of methoxy groups -OCH3 is 1. The van der Waals surface area contributed by atoms with Gasteiger partial charge in [-0.2, -0.15) is 0 Å². The van der Waals surface area contributed by atoms with Crippen LogP contribution in [0.25, 0.3) is 10.8 Å². The van der Waals surface area contributed by atoms with E-state index >= 15 is 0 Å². The van der Waals surface area contributed by atoms with Crippen LogP contribution in [0.2, 0.25) is 0 Å². The molecule has 0 aliphatic heterocycles. The molecule has 0 amide bonds. The summed E-state index contributed by atoms with van der Waals surface area (Å²) in [6.07, 6.45) is 0.795. The fourth-order valence-corrected chi connectivity index (χ4v) is 1.84. The van der Waals surface area contributed by atoms with Gasteiger partial charge in [0, 0.05) is 5.39 Å². The molecule has 0 fully saturated rings. The van der Waals surface area contributed by atoms with Gasteiger partial charge < -0.3 is 10.5 Å². The summed E-state index contributed by atoms with van der Waals surface area (Å²) >= 11 is 0. The number of benzene rings is 2. The third kappa shape index (κ3) is 1.99. The number of fused-ring (bicyclic) bond motifs is 1. The van der Waals surface area contributed by atoms with Gasteiger partial charge >= 0.3 is 0 Å². The van der Waals surface area contributed by atoms with Crippen LogP contribution in [0.3, 0.4) is 0 Å². The molecule has 2 N–H and O–H groups in total. The molecule has 0 atom stereocenters. The zero-order valence-corrected chi connectivity index (χ0v) is 9.16. The van der Waals surface area contributed by atoms with Crippen molar-refractivity contribution in [2.45, 2.75) is 6.42 Å². The van der Waals surface area contributed by atoms with Gasteiger partial charge in [-0.25, -0.2) is 4.39 Å². The normalized spacial score (nSPS) is 10.7. The fraction of sp³-hybridized carbons (Fsp3) is 0.231. The van der Waals surface area contributed by atoms with Gasteiger partial charge in [0.05, 0.1) is 7.11 Å². The standard InChI is InChI=1S/C13H14FNO/c1-16-13-7-9(4-5-15)6-10-2-3-11(14)8-12(10)13/h2-3,6-8H,4-5,15H2,1H3. The summed E-state index contributed by atoms with van der Waals surface area (Å²) in [5, 5.41) is 1.77. The Morgan fingerprint density at radius 2 is 2.06 bits per heavy atom. The lowest BCUT2D eigenvalue weighted by atomic mass is 10.0. The molecule has 0 spiro atoms. The molecule has 0 unspecified atom stereocenters. The second-order valence-electron chi connectivity index (χ2n) is 3.70. The van der Waals surface area contributed by atoms with E-state index < -0.39 is 0 Å². The summed E-state index contributed by atoms with van der Waals surface area (Å²) in [5.74, 6) is 0.442. The van der Waals surface area contributed by atoms with Crippen molar-refractivity contribution in [3.63, 3.8) is 0 Å². The number of hydrogen-bond acceptors (Lipinski definition) is 2. The smallest absolute Gasteiger partial charge is 0.127 e. The van der Waals surface area contributed by atoms with Gasteiger partial charge in [0.25, 0.3) is 0 Å². The number of rotatable bonds is 3. The average molecular weight is 219 g/mol. The Morgan fingerprint density at radius 1 is 1.25 bits per heavy atom. The lowest BCUT2D eigenvalue weighted by Crippen LogP contribution is -2.03. The van der Waals surface area contributed by atoms with E-state index in [0.29, 0.717) is 12.3 Å². The van der Waals surface area contributed by atoms with Crippen LogP contribution in [0.15, 0.2) is 30.3 Å². The Labute approximate surface area is 93.8 Å². The minimum Gasteiger partial charge on any atom is -0.496 e. The molecule has 2 rings (SSSR count). The highest BCUT2D eigenvalue weighted by atomic mass is 19.1. The van der Waals surface area contributed by atoms with Crippen LogP contribution in [0, 0.1) is 5.82 Å². The quantitative estimate of drug-likeness (QED) is 0.860. The predicted molar refractivity (Wildman–Crippen MR) is 63.2 cm³/mol. The van der Waals surface area contributed by atoms with Gasteiger partial charge in [-0.15, -0.1) is 0 Å². The van der Waals surface area contributed by atoms with Gasteiger partial charge in [0.1, 0.15) is 11.6 Å². The first-order valence-corrected chi connectivity index (χ1v) is 5.21. The molecular weight excluding hydrogens is 205 g/mol. The monoisotopic (exact) mass is 219 g/mol. The largest absolute Gasteiger partial charge is 0.496 e. The molecule has 84 valence electrons. The molecule has 2 aromatic rings. The number of hydrogen-bond donors (Lipinski definition) is 1. The molecule has 0 aromatic heterocycles. The summed E-state index contributed by atoms with van der Waals surface area (Å²) in [5.41, 5.74) is 6.63. The van der Waals surface area contributed by atoms with Crippen LogP contribution in [0.1, 0.15) is 5.56 Å². The van der Waals surface area contributed by atoms with Crippen molar-refractivity contribution in [3.05, 3.63) is 41.7 Å². The first kappa shape index (κ1) is 10.9. The zero-order valence-electron chi connectivity index (χ0n) is 9.16. The van der Waals surface area contributed by atoms with Crippen LogP contribution >= 0.6 is 0 Å². The maximum atomic E-state index is 13.1. The lowest BCUT2D eigenvalue weighted by molar-refractivity contribution is 0.419. The Morgan fingerprint density at radius 3 is 2.75 bits per heavy atom. The second kappa shape index (κ2) is 4.49. The van der Waals surface area contributed by atoms with Crippen molar-refractivity contribution in [1.29, 1.82) is 0 Å². The van der Waals surface area contributed by atoms with Crippen LogP contribution in [0.5, 0.6) is 5.75 Å². The minimum atomic E-state index is -0.252. The molecule has 16 heavy (non-hydrogen) atoms. The molecule has 2 aromatic carbocycles. The first-order valence-electron chi connectivity index (χ1n) is 5.21. The molecule has 0 saturated carbocycles. The first-order chi connectivity index (χ1) is 7.74. The lowest BCUT2D eigenvalue weighted by Gasteiger charge is -2.08. The fourth-order valence-electron chi connectivity index (χ4n) is 1.84. The molecule has 2 nitrogen and oxygen atoms in total. The van der Waals surface area contributed by atoms with Crippen molar-refractivity contribution in [2.75, 3.05) is 13.7 Å². The third-order valence-corrected chi connectivity index (χ3v) is 2.59. The van der Waals surface area contributed by atoms with Crippen molar-refractivity contribution in [1.82, 2.24) is 0 Å². The molecule has 3 heteroatoms. The minimum absolute atomic E-state index is 0.252. The van der Waals surface area contributed by atoms with E-state index in [1.165, 1.54) is 12.1 Å². The summed E-state index contributed by atoms with van der Waals surface area (Å²) in [7, 11) is 1.59. The van der Waals surface area contributed by atoms with Gasteiger partial charge in [0.2, 0.25) is 0 Å².